The average molecular weight is 342 g/mol. The van der Waals surface area contributed by atoms with E-state index in [-0.39, 0.29) is 23.8 Å². The Kier molecular flexibility index (Phi) is 6.15. The second-order valence-electron chi connectivity index (χ2n) is 6.34. The van der Waals surface area contributed by atoms with E-state index in [0.29, 0.717) is 18.5 Å². The third kappa shape index (κ3) is 4.17. The lowest BCUT2D eigenvalue weighted by molar-refractivity contribution is 0.0927. The van der Waals surface area contributed by atoms with Crippen molar-refractivity contribution in [2.75, 3.05) is 6.61 Å². The van der Waals surface area contributed by atoms with E-state index >= 15 is 0 Å². The molecule has 5 heteroatoms. The number of nitrogens with zero attached hydrogens (tertiary/aromatic N) is 1. The molecular formula is C20H26N2O3. The number of benzene rings is 1. The van der Waals surface area contributed by atoms with Crippen LogP contribution in [0.1, 0.15) is 52.1 Å². The van der Waals surface area contributed by atoms with Gasteiger partial charge in [0.15, 0.2) is 0 Å². The van der Waals surface area contributed by atoms with Crippen LogP contribution in [0, 0.1) is 20.8 Å². The van der Waals surface area contributed by atoms with Gasteiger partial charge in [0.05, 0.1) is 6.04 Å². The molecule has 2 aromatic rings. The first kappa shape index (κ1) is 18.9. The normalized spacial score (nSPS) is 12.0. The lowest BCUT2D eigenvalue weighted by atomic mass is 10.0. The molecule has 0 fully saturated rings. The molecule has 5 nitrogen and oxygen atoms in total. The van der Waals surface area contributed by atoms with Crippen LogP contribution >= 0.6 is 0 Å². The van der Waals surface area contributed by atoms with Crippen LogP contribution in [0.3, 0.4) is 0 Å². The first-order chi connectivity index (χ1) is 11.9. The van der Waals surface area contributed by atoms with Crippen molar-refractivity contribution in [1.29, 1.82) is 0 Å². The van der Waals surface area contributed by atoms with Gasteiger partial charge >= 0.3 is 0 Å². The van der Waals surface area contributed by atoms with Crippen molar-refractivity contribution >= 4 is 5.91 Å². The molecule has 2 rings (SSSR count). The molecule has 0 saturated carbocycles. The van der Waals surface area contributed by atoms with Gasteiger partial charge in [-0.05, 0) is 51.3 Å². The number of aromatic nitrogens is 1. The molecule has 0 radical (unpaired) electrons. The fourth-order valence-electron chi connectivity index (χ4n) is 3.08. The molecule has 0 aliphatic carbocycles. The van der Waals surface area contributed by atoms with Gasteiger partial charge in [0.1, 0.15) is 5.56 Å². The Hall–Kier alpha value is -2.40. The molecule has 1 aromatic carbocycles. The molecule has 0 spiro atoms. The van der Waals surface area contributed by atoms with E-state index in [0.717, 1.165) is 16.8 Å². The maximum atomic E-state index is 12.8. The lowest BCUT2D eigenvalue weighted by Gasteiger charge is -2.20. The predicted molar refractivity (Wildman–Crippen MR) is 98.9 cm³/mol. The summed E-state index contributed by atoms with van der Waals surface area (Å²) < 4.78 is 1.59. The molecule has 1 unspecified atom stereocenters. The van der Waals surface area contributed by atoms with Gasteiger partial charge < -0.3 is 15.0 Å². The number of hydrogen-bond donors (Lipinski definition) is 2. The number of amides is 1. The zero-order valence-electron chi connectivity index (χ0n) is 15.3. The third-order valence-corrected chi connectivity index (χ3v) is 4.45. The summed E-state index contributed by atoms with van der Waals surface area (Å²) in [5, 5.41) is 12.3. The van der Waals surface area contributed by atoms with Crippen LogP contribution in [-0.2, 0) is 6.54 Å². The summed E-state index contributed by atoms with van der Waals surface area (Å²) in [6.07, 6.45) is 0.391. The second kappa shape index (κ2) is 8.12. The van der Waals surface area contributed by atoms with Gasteiger partial charge in [-0.3, -0.25) is 9.59 Å². The molecular weight excluding hydrogens is 316 g/mol. The van der Waals surface area contributed by atoms with Crippen LogP contribution in [0.4, 0.5) is 0 Å². The maximum absolute atomic E-state index is 12.8. The quantitative estimate of drug-likeness (QED) is 0.848. The number of nitrogens with one attached hydrogen (secondary N) is 1. The van der Waals surface area contributed by atoms with Crippen LogP contribution in [-0.4, -0.2) is 22.2 Å². The monoisotopic (exact) mass is 342 g/mol. The lowest BCUT2D eigenvalue weighted by Crippen LogP contribution is -2.37. The van der Waals surface area contributed by atoms with Crippen molar-refractivity contribution in [3.8, 4) is 0 Å². The summed E-state index contributed by atoms with van der Waals surface area (Å²) in [4.78, 5) is 25.4. The van der Waals surface area contributed by atoms with Crippen molar-refractivity contribution in [1.82, 2.24) is 9.88 Å². The van der Waals surface area contributed by atoms with Crippen molar-refractivity contribution < 1.29 is 9.90 Å². The smallest absolute Gasteiger partial charge is 0.263 e. The van der Waals surface area contributed by atoms with Crippen LogP contribution < -0.4 is 10.9 Å². The van der Waals surface area contributed by atoms with E-state index in [1.54, 1.807) is 11.5 Å². The molecule has 0 aliphatic heterocycles. The summed E-state index contributed by atoms with van der Waals surface area (Å²) in [6.45, 7) is 7.98. The Labute approximate surface area is 148 Å². The van der Waals surface area contributed by atoms with Gasteiger partial charge in [0, 0.05) is 18.8 Å². The first-order valence-electron chi connectivity index (χ1n) is 8.58. The Morgan fingerprint density at radius 3 is 2.40 bits per heavy atom. The summed E-state index contributed by atoms with van der Waals surface area (Å²) in [6, 6.07) is 9.31. The number of aryl methyl sites for hydroxylation is 3. The van der Waals surface area contributed by atoms with Gasteiger partial charge in [-0.2, -0.15) is 0 Å². The molecule has 1 aromatic heterocycles. The van der Waals surface area contributed by atoms with Crippen LogP contribution in [0.2, 0.25) is 0 Å². The van der Waals surface area contributed by atoms with Gasteiger partial charge in [0.25, 0.3) is 11.5 Å². The SMILES string of the molecule is CCn1c(C)cc(C)c(C(=O)NC(CCO)c2ccc(C)cc2)c1=O. The molecule has 1 heterocycles. The molecule has 1 atom stereocenters. The highest BCUT2D eigenvalue weighted by Crippen LogP contribution is 2.18. The molecule has 0 aliphatic rings. The van der Waals surface area contributed by atoms with E-state index in [1.165, 1.54) is 0 Å². The number of carbonyl (C=O) groups is 1. The van der Waals surface area contributed by atoms with E-state index in [2.05, 4.69) is 5.32 Å². The Balaban J connectivity index is 2.36. The number of hydrogen-bond acceptors (Lipinski definition) is 3. The van der Waals surface area contributed by atoms with E-state index in [1.807, 2.05) is 51.1 Å². The van der Waals surface area contributed by atoms with Gasteiger partial charge in [-0.1, -0.05) is 29.8 Å². The minimum atomic E-state index is -0.399. The van der Waals surface area contributed by atoms with Crippen LogP contribution in [0.25, 0.3) is 0 Å². The second-order valence-corrected chi connectivity index (χ2v) is 6.34. The summed E-state index contributed by atoms with van der Waals surface area (Å²) in [5.41, 5.74) is 3.43. The Morgan fingerprint density at radius 2 is 1.84 bits per heavy atom. The van der Waals surface area contributed by atoms with Crippen LogP contribution in [0.15, 0.2) is 35.1 Å². The minimum absolute atomic E-state index is 0.0507. The summed E-state index contributed by atoms with van der Waals surface area (Å²) in [5.74, 6) is -0.399. The van der Waals surface area contributed by atoms with Crippen molar-refractivity contribution in [2.24, 2.45) is 0 Å². The van der Waals surface area contributed by atoms with Gasteiger partial charge in [0.2, 0.25) is 0 Å². The van der Waals surface area contributed by atoms with Gasteiger partial charge in [-0.25, -0.2) is 0 Å². The number of pyridine rings is 1. The molecule has 25 heavy (non-hydrogen) atoms. The van der Waals surface area contributed by atoms with Crippen molar-refractivity contribution in [3.05, 3.63) is 68.6 Å². The number of aliphatic hydroxyl groups excluding tert-OH is 1. The molecule has 0 bridgehead atoms. The van der Waals surface area contributed by atoms with E-state index in [4.69, 9.17) is 0 Å². The highest BCUT2D eigenvalue weighted by Gasteiger charge is 2.21. The maximum Gasteiger partial charge on any atom is 0.263 e. The fourth-order valence-corrected chi connectivity index (χ4v) is 3.08. The third-order valence-electron chi connectivity index (χ3n) is 4.45. The minimum Gasteiger partial charge on any atom is -0.396 e. The topological polar surface area (TPSA) is 71.3 Å². The number of rotatable bonds is 6. The summed E-state index contributed by atoms with van der Waals surface area (Å²) >= 11 is 0. The zero-order chi connectivity index (χ0) is 18.6. The van der Waals surface area contributed by atoms with Crippen LogP contribution in [0.5, 0.6) is 0 Å². The van der Waals surface area contributed by atoms with Crippen molar-refractivity contribution in [2.45, 2.75) is 46.7 Å². The van der Waals surface area contributed by atoms with E-state index in [9.17, 15) is 14.7 Å². The Morgan fingerprint density at radius 1 is 1.20 bits per heavy atom. The average Bonchev–Trinajstić information content (AvgIpc) is 2.55. The molecule has 2 N–H and O–H groups in total. The molecule has 134 valence electrons. The predicted octanol–water partition coefficient (Wildman–Crippen LogP) is 2.65. The standard InChI is InChI=1S/C20H26N2O3/c1-5-22-15(4)12-14(3)18(20(22)25)19(24)21-17(10-11-23)16-8-6-13(2)7-9-16/h6-9,12,17,23H,5,10-11H2,1-4H3,(H,21,24). The molecule has 0 saturated heterocycles. The molecule has 1 amide bonds. The van der Waals surface area contributed by atoms with E-state index < -0.39 is 5.91 Å². The number of aliphatic hydroxyl groups is 1. The highest BCUT2D eigenvalue weighted by atomic mass is 16.3. The highest BCUT2D eigenvalue weighted by molar-refractivity contribution is 5.95. The van der Waals surface area contributed by atoms with Crippen molar-refractivity contribution in [3.63, 3.8) is 0 Å². The Bertz CT molecular complexity index is 807. The fraction of sp³-hybridized carbons (Fsp3) is 0.400. The largest absolute Gasteiger partial charge is 0.396 e. The zero-order valence-corrected chi connectivity index (χ0v) is 15.3. The first-order valence-corrected chi connectivity index (χ1v) is 8.58. The van der Waals surface area contributed by atoms with Gasteiger partial charge in [-0.15, -0.1) is 0 Å². The summed E-state index contributed by atoms with van der Waals surface area (Å²) in [7, 11) is 0. The number of carbonyl (C=O) groups excluding carboxylic acids is 1.